The Labute approximate surface area is 88.4 Å². The molecule has 0 N–H and O–H groups in total. The molecule has 0 aromatic rings. The largest absolute Gasteiger partial charge is 0.0911 e. The smallest absolute Gasteiger partial charge is 0.00761 e. The van der Waals surface area contributed by atoms with E-state index in [0.717, 1.165) is 0 Å². The molecule has 0 aromatic carbocycles. The van der Waals surface area contributed by atoms with Crippen molar-refractivity contribution in [3.8, 4) is 0 Å². The van der Waals surface area contributed by atoms with Crippen LogP contribution in [0.4, 0.5) is 0 Å². The third-order valence-electron chi connectivity index (χ3n) is 2.86. The Balaban J connectivity index is 2.72. The summed E-state index contributed by atoms with van der Waals surface area (Å²) in [6.45, 7) is 6.51. The molecule has 0 bridgehead atoms. The fraction of sp³-hybridized carbons (Fsp3) is 0.571. The molecule has 1 saturated carbocycles. The Morgan fingerprint density at radius 1 is 1.07 bits per heavy atom. The van der Waals surface area contributed by atoms with Crippen molar-refractivity contribution in [2.24, 2.45) is 5.92 Å². The lowest BCUT2D eigenvalue weighted by Crippen LogP contribution is -2.00. The van der Waals surface area contributed by atoms with E-state index in [0.29, 0.717) is 5.92 Å². The first kappa shape index (κ1) is 11.3. The van der Waals surface area contributed by atoms with Crippen molar-refractivity contribution in [2.45, 2.75) is 46.5 Å². The molecule has 0 nitrogen and oxygen atoms in total. The summed E-state index contributed by atoms with van der Waals surface area (Å²) < 4.78 is 0. The highest BCUT2D eigenvalue weighted by Gasteiger charge is 2.10. The van der Waals surface area contributed by atoms with Crippen molar-refractivity contribution < 1.29 is 0 Å². The summed E-state index contributed by atoms with van der Waals surface area (Å²) in [5, 5.41) is 0. The van der Waals surface area contributed by atoms with Crippen molar-refractivity contribution in [1.82, 2.24) is 0 Å². The number of hydrogen-bond acceptors (Lipinski definition) is 0. The fourth-order valence-electron chi connectivity index (χ4n) is 2.15. The van der Waals surface area contributed by atoms with E-state index in [1.807, 2.05) is 0 Å². The first-order valence-electron chi connectivity index (χ1n) is 5.77. The lowest BCUT2D eigenvalue weighted by Gasteiger charge is -2.18. The second-order valence-corrected chi connectivity index (χ2v) is 4.10. The first-order valence-corrected chi connectivity index (χ1v) is 5.77. The molecule has 78 valence electrons. The molecule has 0 amide bonds. The van der Waals surface area contributed by atoms with Crippen molar-refractivity contribution in [3.63, 3.8) is 0 Å². The Bertz CT molecular complexity index is 253. The third-order valence-corrected chi connectivity index (χ3v) is 2.86. The van der Waals surface area contributed by atoms with Gasteiger partial charge in [-0.05, 0) is 56.6 Å². The van der Waals surface area contributed by atoms with Gasteiger partial charge < -0.3 is 0 Å². The average molecular weight is 190 g/mol. The monoisotopic (exact) mass is 190 g/mol. The van der Waals surface area contributed by atoms with E-state index in [4.69, 9.17) is 0 Å². The zero-order valence-electron chi connectivity index (χ0n) is 9.72. The van der Waals surface area contributed by atoms with Gasteiger partial charge in [0.05, 0.1) is 0 Å². The van der Waals surface area contributed by atoms with Gasteiger partial charge in [0, 0.05) is 0 Å². The van der Waals surface area contributed by atoms with Gasteiger partial charge in [0.1, 0.15) is 0 Å². The van der Waals surface area contributed by atoms with Gasteiger partial charge in [-0.2, -0.15) is 0 Å². The maximum absolute atomic E-state index is 2.43. The summed E-state index contributed by atoms with van der Waals surface area (Å²) in [6.07, 6.45) is 14.4. The summed E-state index contributed by atoms with van der Waals surface area (Å²) in [5.41, 5.74) is 3.16. The van der Waals surface area contributed by atoms with Gasteiger partial charge in [-0.25, -0.2) is 0 Å². The van der Waals surface area contributed by atoms with Crippen molar-refractivity contribution in [2.75, 3.05) is 0 Å². The Morgan fingerprint density at radius 2 is 1.71 bits per heavy atom. The lowest BCUT2D eigenvalue weighted by atomic mass is 9.87. The standard InChI is InChI=1S/C14H22/c1-4-8-12(3)11-14-10-7-6-9-13(14)5-2/h4-5,8,11-12H,6-7,9-10H2,1-3H3/b8-4-,13-5-,14-11-. The van der Waals surface area contributed by atoms with Crippen molar-refractivity contribution in [1.29, 1.82) is 0 Å². The van der Waals surface area contributed by atoms with Gasteiger partial charge in [0.15, 0.2) is 0 Å². The van der Waals surface area contributed by atoms with Gasteiger partial charge >= 0.3 is 0 Å². The molecule has 0 aliphatic heterocycles. The Morgan fingerprint density at radius 3 is 2.29 bits per heavy atom. The Hall–Kier alpha value is -0.780. The summed E-state index contributed by atoms with van der Waals surface area (Å²) in [4.78, 5) is 0. The lowest BCUT2D eigenvalue weighted by molar-refractivity contribution is 0.671. The van der Waals surface area contributed by atoms with Gasteiger partial charge in [-0.3, -0.25) is 0 Å². The van der Waals surface area contributed by atoms with E-state index in [-0.39, 0.29) is 0 Å². The average Bonchev–Trinajstić information content (AvgIpc) is 2.19. The molecule has 0 heterocycles. The van der Waals surface area contributed by atoms with Crippen LogP contribution < -0.4 is 0 Å². The maximum atomic E-state index is 2.43. The van der Waals surface area contributed by atoms with Gasteiger partial charge in [0.2, 0.25) is 0 Å². The summed E-state index contributed by atoms with van der Waals surface area (Å²) in [6, 6.07) is 0. The molecule has 0 aromatic heterocycles. The molecule has 14 heavy (non-hydrogen) atoms. The molecule has 1 atom stereocenters. The van der Waals surface area contributed by atoms with E-state index in [1.165, 1.54) is 25.7 Å². The molecule has 0 saturated heterocycles. The molecular weight excluding hydrogens is 168 g/mol. The predicted molar refractivity (Wildman–Crippen MR) is 64.3 cm³/mol. The van der Waals surface area contributed by atoms with Crippen LogP contribution in [-0.2, 0) is 0 Å². The van der Waals surface area contributed by atoms with Crippen LogP contribution in [0.3, 0.4) is 0 Å². The van der Waals surface area contributed by atoms with Crippen LogP contribution in [0.5, 0.6) is 0 Å². The Kier molecular flexibility index (Phi) is 4.72. The van der Waals surface area contributed by atoms with Crippen LogP contribution in [0.25, 0.3) is 0 Å². The molecule has 1 unspecified atom stereocenters. The molecule has 1 rings (SSSR count). The van der Waals surface area contributed by atoms with Crippen LogP contribution in [-0.4, -0.2) is 0 Å². The van der Waals surface area contributed by atoms with Crippen LogP contribution in [0.1, 0.15) is 46.5 Å². The van der Waals surface area contributed by atoms with Crippen LogP contribution in [0.15, 0.2) is 35.5 Å². The minimum atomic E-state index is 0.586. The molecule has 0 radical (unpaired) electrons. The zero-order valence-corrected chi connectivity index (χ0v) is 9.72. The summed E-state index contributed by atoms with van der Waals surface area (Å²) >= 11 is 0. The third kappa shape index (κ3) is 3.17. The quantitative estimate of drug-likeness (QED) is 0.556. The maximum Gasteiger partial charge on any atom is -0.00761 e. The SMILES string of the molecule is C/C=C\C(C)/C=C1/CCCC/C1=C/C. The van der Waals surface area contributed by atoms with Gasteiger partial charge in [0.25, 0.3) is 0 Å². The highest BCUT2D eigenvalue weighted by molar-refractivity contribution is 5.33. The van der Waals surface area contributed by atoms with Gasteiger partial charge in [-0.1, -0.05) is 31.2 Å². The summed E-state index contributed by atoms with van der Waals surface area (Å²) in [5.74, 6) is 0.586. The van der Waals surface area contributed by atoms with Crippen molar-refractivity contribution in [3.05, 3.63) is 35.5 Å². The minimum absolute atomic E-state index is 0.586. The molecule has 1 fully saturated rings. The number of rotatable bonds is 2. The molecular formula is C14H22. The van der Waals surface area contributed by atoms with Crippen LogP contribution >= 0.6 is 0 Å². The summed E-state index contributed by atoms with van der Waals surface area (Å²) in [7, 11) is 0. The van der Waals surface area contributed by atoms with Crippen LogP contribution in [0, 0.1) is 5.92 Å². The van der Waals surface area contributed by atoms with E-state index in [9.17, 15) is 0 Å². The van der Waals surface area contributed by atoms with Crippen molar-refractivity contribution >= 4 is 0 Å². The minimum Gasteiger partial charge on any atom is -0.0911 e. The topological polar surface area (TPSA) is 0 Å². The fourth-order valence-corrected chi connectivity index (χ4v) is 2.15. The van der Waals surface area contributed by atoms with Crippen LogP contribution in [0.2, 0.25) is 0 Å². The predicted octanol–water partition coefficient (Wildman–Crippen LogP) is 4.65. The van der Waals surface area contributed by atoms with E-state index in [2.05, 4.69) is 45.1 Å². The molecule has 0 heteroatoms. The highest BCUT2D eigenvalue weighted by Crippen LogP contribution is 2.29. The van der Waals surface area contributed by atoms with Gasteiger partial charge in [-0.15, -0.1) is 0 Å². The molecule has 1 aliphatic carbocycles. The molecule has 0 spiro atoms. The highest BCUT2D eigenvalue weighted by atomic mass is 14.2. The van der Waals surface area contributed by atoms with E-state index < -0.39 is 0 Å². The van der Waals surface area contributed by atoms with E-state index >= 15 is 0 Å². The number of allylic oxidation sites excluding steroid dienone is 6. The van der Waals surface area contributed by atoms with E-state index in [1.54, 1.807) is 11.1 Å². The second kappa shape index (κ2) is 5.85. The normalized spacial score (nSPS) is 26.2. The zero-order chi connectivity index (χ0) is 10.4. The molecule has 1 aliphatic rings. The number of hydrogen-bond donors (Lipinski definition) is 0. The first-order chi connectivity index (χ1) is 6.77. The second-order valence-electron chi connectivity index (χ2n) is 4.10.